The summed E-state index contributed by atoms with van der Waals surface area (Å²) in [4.78, 5) is 32.8. The fourth-order valence-electron chi connectivity index (χ4n) is 12.9. The fourth-order valence-corrected chi connectivity index (χ4v) is 12.9. The predicted octanol–water partition coefficient (Wildman–Crippen LogP) is 3.07. The molecule has 1 unspecified atom stereocenters. The normalized spacial score (nSPS) is 50.0. The minimum Gasteiger partial charge on any atom is -0.393 e. The van der Waals surface area contributed by atoms with E-state index < -0.39 is 78.5 Å². The van der Waals surface area contributed by atoms with Gasteiger partial charge in [0.15, 0.2) is 5.79 Å². The van der Waals surface area contributed by atoms with Crippen LogP contribution in [0, 0.1) is 29.6 Å². The second kappa shape index (κ2) is 16.8. The summed E-state index contributed by atoms with van der Waals surface area (Å²) < 4.78 is 54.1. The summed E-state index contributed by atoms with van der Waals surface area (Å²) in [5, 5.41) is 37.3. The van der Waals surface area contributed by atoms with Crippen LogP contribution in [0.15, 0.2) is 17.1 Å². The molecule has 10 heterocycles. The van der Waals surface area contributed by atoms with Crippen molar-refractivity contribution < 1.29 is 62.8 Å². The third-order valence-electron chi connectivity index (χ3n) is 16.4. The van der Waals surface area contributed by atoms with Crippen LogP contribution in [0.5, 0.6) is 0 Å². The van der Waals surface area contributed by atoms with Gasteiger partial charge in [-0.3, -0.25) is 14.6 Å². The molecule has 1 spiro atoms. The number of aliphatic hydroxyl groups excluding tert-OH is 2. The quantitative estimate of drug-likeness (QED) is 0.261. The van der Waals surface area contributed by atoms with Crippen molar-refractivity contribution in [1.82, 2.24) is 5.32 Å². The van der Waals surface area contributed by atoms with Gasteiger partial charge in [0.2, 0.25) is 11.6 Å². The molecule has 0 aromatic rings. The number of ketones is 1. The molecule has 340 valence electrons. The van der Waals surface area contributed by atoms with E-state index >= 15 is 0 Å². The second-order valence-corrected chi connectivity index (χ2v) is 20.5. The van der Waals surface area contributed by atoms with Gasteiger partial charge in [0, 0.05) is 82.8 Å². The summed E-state index contributed by atoms with van der Waals surface area (Å²) in [5.41, 5.74) is 0.551. The number of aliphatic hydroxyl groups is 3. The van der Waals surface area contributed by atoms with E-state index in [1.54, 1.807) is 14.2 Å². The van der Waals surface area contributed by atoms with Crippen molar-refractivity contribution in [3.05, 3.63) is 12.2 Å². The van der Waals surface area contributed by atoms with Gasteiger partial charge in [-0.1, -0.05) is 13.5 Å². The molecule has 0 aromatic carbocycles. The molecule has 7 saturated heterocycles. The number of fused-ring (bicyclic) bond motifs is 6. The molecule has 1 amide bonds. The molecule has 0 aromatic heterocycles. The maximum Gasteiger partial charge on any atom is 0.249 e. The molecular formula is C46H68N2O13. The van der Waals surface area contributed by atoms with Gasteiger partial charge in [0.1, 0.15) is 24.1 Å². The number of amides is 1. The monoisotopic (exact) mass is 856 g/mol. The van der Waals surface area contributed by atoms with Crippen LogP contribution in [0.25, 0.3) is 0 Å². The van der Waals surface area contributed by atoms with Crippen molar-refractivity contribution in [3.63, 3.8) is 0 Å². The molecule has 61 heavy (non-hydrogen) atoms. The van der Waals surface area contributed by atoms with E-state index in [1.165, 1.54) is 0 Å². The third-order valence-corrected chi connectivity index (χ3v) is 16.4. The highest BCUT2D eigenvalue weighted by Crippen LogP contribution is 2.58. The van der Waals surface area contributed by atoms with Crippen LogP contribution in [0.2, 0.25) is 0 Å². The summed E-state index contributed by atoms with van der Waals surface area (Å²) in [5.74, 6) is -2.61. The summed E-state index contributed by atoms with van der Waals surface area (Å²) in [6, 6.07) is 0. The van der Waals surface area contributed by atoms with Gasteiger partial charge in [-0.25, -0.2) is 0 Å². The Hall–Kier alpha value is -1.89. The molecule has 12 rings (SSSR count). The van der Waals surface area contributed by atoms with Crippen molar-refractivity contribution in [2.24, 2.45) is 34.6 Å². The van der Waals surface area contributed by atoms with Gasteiger partial charge in [0.25, 0.3) is 0 Å². The summed E-state index contributed by atoms with van der Waals surface area (Å²) in [6.07, 6.45) is 2.33. The average Bonchev–Trinajstić information content (AvgIpc) is 3.93. The minimum atomic E-state index is -1.66. The topological polar surface area (TPSA) is 193 Å². The molecular weight excluding hydrogens is 789 g/mol. The highest BCUT2D eigenvalue weighted by atomic mass is 16.7. The number of ether oxygens (including phenoxy) is 8. The molecule has 15 nitrogen and oxygen atoms in total. The highest BCUT2D eigenvalue weighted by molar-refractivity contribution is 5.92. The number of carbonyl (C=O) groups excluding carboxylic acids is 2. The number of carbonyl (C=O) groups is 2. The number of methoxy groups -OCH3 is 2. The summed E-state index contributed by atoms with van der Waals surface area (Å²) >= 11 is 0. The second-order valence-electron chi connectivity index (χ2n) is 20.5. The highest BCUT2D eigenvalue weighted by Gasteiger charge is 2.69. The lowest BCUT2D eigenvalue weighted by Gasteiger charge is -2.64. The van der Waals surface area contributed by atoms with E-state index in [4.69, 9.17) is 42.9 Å². The zero-order valence-corrected chi connectivity index (χ0v) is 36.1. The lowest BCUT2D eigenvalue weighted by molar-refractivity contribution is -0.396. The number of nitrogens with zero attached hydrogens (tertiary/aromatic N) is 1. The molecule has 2 aliphatic carbocycles. The Morgan fingerprint density at radius 3 is 2.51 bits per heavy atom. The first-order chi connectivity index (χ1) is 29.3. The number of aliphatic imine (C=N–C) groups is 1. The van der Waals surface area contributed by atoms with Gasteiger partial charge in [0.05, 0.1) is 67.1 Å². The predicted molar refractivity (Wildman–Crippen MR) is 217 cm³/mol. The number of nitrogens with one attached hydrogen (secondary N) is 1. The molecule has 15 heteroatoms. The van der Waals surface area contributed by atoms with Crippen LogP contribution < -0.4 is 5.32 Å². The van der Waals surface area contributed by atoms with Crippen molar-refractivity contribution >= 4 is 17.4 Å². The van der Waals surface area contributed by atoms with Crippen molar-refractivity contribution in [2.45, 2.75) is 207 Å². The van der Waals surface area contributed by atoms with Crippen molar-refractivity contribution in [3.8, 4) is 0 Å². The molecule has 10 aliphatic heterocycles. The van der Waals surface area contributed by atoms with Gasteiger partial charge in [-0.15, -0.1) is 0 Å². The number of hydrogen-bond acceptors (Lipinski definition) is 14. The standard InChI is InChI=1S/C46H68N2O13/c1-22-13-27-11-12-45(53)20-33(50)30-18-32-41(30)59-38-10-8-28-15-25(49)16-31-35(58-37(42(31)55-4)17-29(54-3)21-47-44(52)40(51)24-5-6-24)19-36-39(48-46(38,60-28)43(32)61-45)23(2)14-26(57-36)7-9-34(22)56-27/h23-24,26-38,40-43,50-51,53H,1,5-21H2,2-4H3,(H,47,52)/b48-39-/t23-,26+,27+,28-,29+,30+,31+,32?,33-,34+,35+,36-,37-,38+,40-,41+,42-,43-,45+,46+/m1/s1. The summed E-state index contributed by atoms with van der Waals surface area (Å²) in [6.45, 7) is 6.80. The van der Waals surface area contributed by atoms with E-state index in [0.717, 1.165) is 43.4 Å². The van der Waals surface area contributed by atoms with E-state index in [-0.39, 0.29) is 92.0 Å². The Labute approximate surface area is 358 Å². The zero-order valence-electron chi connectivity index (χ0n) is 36.1. The zero-order chi connectivity index (χ0) is 42.4. The lowest BCUT2D eigenvalue weighted by Crippen LogP contribution is -2.75. The van der Waals surface area contributed by atoms with E-state index in [0.29, 0.717) is 44.9 Å². The van der Waals surface area contributed by atoms with Crippen LogP contribution in [-0.4, -0.2) is 150 Å². The van der Waals surface area contributed by atoms with Crippen LogP contribution in [0.1, 0.15) is 110 Å². The third kappa shape index (κ3) is 8.12. The maximum atomic E-state index is 14.4. The van der Waals surface area contributed by atoms with Gasteiger partial charge in [-0.2, -0.15) is 0 Å². The molecule has 9 fully saturated rings. The lowest BCUT2D eigenvalue weighted by atomic mass is 9.60. The van der Waals surface area contributed by atoms with E-state index in [2.05, 4.69) is 18.8 Å². The van der Waals surface area contributed by atoms with Crippen LogP contribution >= 0.6 is 0 Å². The van der Waals surface area contributed by atoms with Crippen LogP contribution in [0.4, 0.5) is 0 Å². The first kappa shape index (κ1) is 43.0. The Kier molecular flexibility index (Phi) is 11.9. The largest absolute Gasteiger partial charge is 0.393 e. The number of Topliss-reactive ketones (excluding diaryl/α,β-unsaturated/α-hetero) is 1. The summed E-state index contributed by atoms with van der Waals surface area (Å²) in [7, 11) is 3.26. The Morgan fingerprint density at radius 2 is 1.72 bits per heavy atom. The smallest absolute Gasteiger partial charge is 0.249 e. The van der Waals surface area contributed by atoms with Gasteiger partial charge >= 0.3 is 0 Å². The maximum absolute atomic E-state index is 14.4. The SMILES string of the molecule is C=C1C[C@@H]2CC[C@@]3(O)C[C@@H](O)[C@@H]4CC5[C@H]4O[C@H]4CC[C@@H]6CC(=O)C[C@@H]7[C@@H](OC)[C@@H](C[C@@H](CNC(=O)[C@H](O)C8CC8)OC)O[C@H]7C[C@H]7O[C@@H](CC[C@@H]1O2)C[C@@H](C)/C7=N/[C@@]4(O6)[C@@H]5O3. The molecule has 2 saturated carbocycles. The first-order valence-corrected chi connectivity index (χ1v) is 23.5. The molecule has 12 bridgehead atoms. The Bertz CT molecular complexity index is 1710. The first-order valence-electron chi connectivity index (χ1n) is 23.5. The van der Waals surface area contributed by atoms with Crippen molar-refractivity contribution in [2.75, 3.05) is 20.8 Å². The minimum absolute atomic E-state index is 0.0110. The van der Waals surface area contributed by atoms with Gasteiger partial charge < -0.3 is 58.5 Å². The molecule has 12 aliphatic rings. The Morgan fingerprint density at radius 1 is 0.918 bits per heavy atom. The average molecular weight is 857 g/mol. The fraction of sp³-hybridized carbons (Fsp3) is 0.891. The molecule has 20 atom stereocenters. The van der Waals surface area contributed by atoms with Crippen LogP contribution in [-0.2, 0) is 47.5 Å². The van der Waals surface area contributed by atoms with Gasteiger partial charge in [-0.05, 0) is 81.6 Å². The van der Waals surface area contributed by atoms with E-state index in [1.807, 2.05) is 0 Å². The molecule has 0 radical (unpaired) electrons. The number of rotatable bonds is 8. The van der Waals surface area contributed by atoms with Crippen molar-refractivity contribution in [1.29, 1.82) is 0 Å². The Balaban J connectivity index is 1.01. The molecule has 4 N–H and O–H groups in total. The van der Waals surface area contributed by atoms with E-state index in [9.17, 15) is 24.9 Å². The number of hydrogen-bond donors (Lipinski definition) is 4. The van der Waals surface area contributed by atoms with Crippen LogP contribution in [0.3, 0.4) is 0 Å².